The van der Waals surface area contributed by atoms with Crippen molar-refractivity contribution in [2.24, 2.45) is 0 Å². The molecular weight excluding hydrogens is 367 g/mol. The quantitative estimate of drug-likeness (QED) is 0.710. The number of benzene rings is 2. The van der Waals surface area contributed by atoms with Gasteiger partial charge in [-0.2, -0.15) is 0 Å². The van der Waals surface area contributed by atoms with Gasteiger partial charge < -0.3 is 5.32 Å². The SMILES string of the molecule is Cc1ncc(CN2CCC[C@@H]2C(=O)Nc2ccc(-c3cccc(F)c3)cc2)cn1. The second-order valence-electron chi connectivity index (χ2n) is 7.34. The van der Waals surface area contributed by atoms with Crippen LogP contribution in [-0.4, -0.2) is 33.4 Å². The first-order valence-electron chi connectivity index (χ1n) is 9.77. The molecule has 1 amide bonds. The van der Waals surface area contributed by atoms with Crippen molar-refractivity contribution in [3.8, 4) is 11.1 Å². The molecule has 2 heterocycles. The first-order valence-corrected chi connectivity index (χ1v) is 9.77. The van der Waals surface area contributed by atoms with Crippen molar-refractivity contribution in [3.05, 3.63) is 78.1 Å². The van der Waals surface area contributed by atoms with Gasteiger partial charge in [0.15, 0.2) is 0 Å². The molecule has 0 spiro atoms. The van der Waals surface area contributed by atoms with E-state index in [0.29, 0.717) is 6.54 Å². The minimum atomic E-state index is -0.264. The zero-order valence-corrected chi connectivity index (χ0v) is 16.3. The molecule has 1 fully saturated rings. The van der Waals surface area contributed by atoms with E-state index < -0.39 is 0 Å². The molecule has 0 bridgehead atoms. The minimum Gasteiger partial charge on any atom is -0.325 e. The van der Waals surface area contributed by atoms with Crippen molar-refractivity contribution < 1.29 is 9.18 Å². The molecule has 0 radical (unpaired) electrons. The molecule has 1 aliphatic rings. The molecule has 29 heavy (non-hydrogen) atoms. The number of amides is 1. The van der Waals surface area contributed by atoms with Gasteiger partial charge in [-0.1, -0.05) is 24.3 Å². The lowest BCUT2D eigenvalue weighted by molar-refractivity contribution is -0.120. The number of aryl methyl sites for hydroxylation is 1. The highest BCUT2D eigenvalue weighted by Crippen LogP contribution is 2.24. The van der Waals surface area contributed by atoms with Crippen molar-refractivity contribution in [2.75, 3.05) is 11.9 Å². The summed E-state index contributed by atoms with van der Waals surface area (Å²) in [5, 5.41) is 3.01. The van der Waals surface area contributed by atoms with Crippen LogP contribution in [0.3, 0.4) is 0 Å². The molecule has 0 aliphatic carbocycles. The van der Waals surface area contributed by atoms with Gasteiger partial charge in [0.05, 0.1) is 6.04 Å². The van der Waals surface area contributed by atoms with Crippen LogP contribution >= 0.6 is 0 Å². The Hall–Kier alpha value is -3.12. The predicted molar refractivity (Wildman–Crippen MR) is 111 cm³/mol. The van der Waals surface area contributed by atoms with Crippen LogP contribution in [0.1, 0.15) is 24.2 Å². The highest BCUT2D eigenvalue weighted by Gasteiger charge is 2.30. The molecule has 1 atom stereocenters. The number of anilines is 1. The smallest absolute Gasteiger partial charge is 0.241 e. The Labute approximate surface area is 169 Å². The fraction of sp³-hybridized carbons (Fsp3) is 0.261. The van der Waals surface area contributed by atoms with Gasteiger partial charge in [-0.05, 0) is 61.7 Å². The summed E-state index contributed by atoms with van der Waals surface area (Å²) in [4.78, 5) is 23.5. The molecule has 1 saturated heterocycles. The molecule has 1 aliphatic heterocycles. The first-order chi connectivity index (χ1) is 14.1. The van der Waals surface area contributed by atoms with E-state index in [-0.39, 0.29) is 17.8 Å². The lowest BCUT2D eigenvalue weighted by Crippen LogP contribution is -2.39. The van der Waals surface area contributed by atoms with E-state index in [0.717, 1.165) is 47.6 Å². The number of nitrogens with zero attached hydrogens (tertiary/aromatic N) is 3. The highest BCUT2D eigenvalue weighted by molar-refractivity contribution is 5.95. The van der Waals surface area contributed by atoms with E-state index in [2.05, 4.69) is 20.2 Å². The van der Waals surface area contributed by atoms with Gasteiger partial charge in [-0.15, -0.1) is 0 Å². The zero-order chi connectivity index (χ0) is 20.2. The van der Waals surface area contributed by atoms with Crippen LogP contribution in [0.2, 0.25) is 0 Å². The van der Waals surface area contributed by atoms with Crippen LogP contribution < -0.4 is 5.32 Å². The molecule has 4 rings (SSSR count). The van der Waals surface area contributed by atoms with Crippen LogP contribution in [0.4, 0.5) is 10.1 Å². The Morgan fingerprint density at radius 1 is 1.14 bits per heavy atom. The molecule has 5 nitrogen and oxygen atoms in total. The van der Waals surface area contributed by atoms with Gasteiger partial charge in [-0.25, -0.2) is 14.4 Å². The summed E-state index contributed by atoms with van der Waals surface area (Å²) in [6, 6.07) is 13.8. The first kappa shape index (κ1) is 19.2. The van der Waals surface area contributed by atoms with Crippen molar-refractivity contribution in [1.29, 1.82) is 0 Å². The normalized spacial score (nSPS) is 16.7. The monoisotopic (exact) mass is 390 g/mol. The van der Waals surface area contributed by atoms with Gasteiger partial charge in [0.25, 0.3) is 0 Å². The zero-order valence-electron chi connectivity index (χ0n) is 16.3. The van der Waals surface area contributed by atoms with E-state index in [1.807, 2.05) is 49.6 Å². The number of rotatable bonds is 5. The van der Waals surface area contributed by atoms with Crippen molar-refractivity contribution in [3.63, 3.8) is 0 Å². The third kappa shape index (κ3) is 4.66. The van der Waals surface area contributed by atoms with Gasteiger partial charge >= 0.3 is 0 Å². The lowest BCUT2D eigenvalue weighted by atomic mass is 10.1. The number of hydrogen-bond acceptors (Lipinski definition) is 4. The fourth-order valence-corrected chi connectivity index (χ4v) is 3.69. The van der Waals surface area contributed by atoms with Crippen LogP contribution in [0, 0.1) is 12.7 Å². The maximum atomic E-state index is 13.4. The summed E-state index contributed by atoms with van der Waals surface area (Å²) in [6.07, 6.45) is 5.46. The molecule has 6 heteroatoms. The molecule has 2 aromatic carbocycles. The molecule has 0 unspecified atom stereocenters. The summed E-state index contributed by atoms with van der Waals surface area (Å²) in [5.74, 6) is 0.473. The Bertz CT molecular complexity index is 989. The van der Waals surface area contributed by atoms with Crippen molar-refractivity contribution in [2.45, 2.75) is 32.4 Å². The summed E-state index contributed by atoms with van der Waals surface area (Å²) < 4.78 is 13.4. The maximum absolute atomic E-state index is 13.4. The van der Waals surface area contributed by atoms with Crippen LogP contribution in [0.25, 0.3) is 11.1 Å². The van der Waals surface area contributed by atoms with Gasteiger partial charge in [0.1, 0.15) is 11.6 Å². The van der Waals surface area contributed by atoms with E-state index in [1.54, 1.807) is 6.07 Å². The lowest BCUT2D eigenvalue weighted by Gasteiger charge is -2.23. The molecule has 3 aromatic rings. The summed E-state index contributed by atoms with van der Waals surface area (Å²) in [7, 11) is 0. The van der Waals surface area contributed by atoms with E-state index in [1.165, 1.54) is 12.1 Å². The van der Waals surface area contributed by atoms with Crippen LogP contribution in [0.5, 0.6) is 0 Å². The van der Waals surface area contributed by atoms with Crippen molar-refractivity contribution in [1.82, 2.24) is 14.9 Å². The third-order valence-corrected chi connectivity index (χ3v) is 5.20. The van der Waals surface area contributed by atoms with Gasteiger partial charge in [0, 0.05) is 30.2 Å². The third-order valence-electron chi connectivity index (χ3n) is 5.20. The molecule has 148 valence electrons. The number of halogens is 1. The Morgan fingerprint density at radius 2 is 1.90 bits per heavy atom. The Kier molecular flexibility index (Phi) is 5.62. The second-order valence-corrected chi connectivity index (χ2v) is 7.34. The fourth-order valence-electron chi connectivity index (χ4n) is 3.69. The standard InChI is InChI=1S/C23H23FN4O/c1-16-25-13-17(14-26-16)15-28-11-3-6-22(28)23(29)27-21-9-7-18(8-10-21)19-4-2-5-20(24)12-19/h2,4-5,7-10,12-14,22H,3,6,11,15H2,1H3,(H,27,29)/t22-/m1/s1. The topological polar surface area (TPSA) is 58.1 Å². The molecule has 1 N–H and O–H groups in total. The van der Waals surface area contributed by atoms with Gasteiger partial charge in [0.2, 0.25) is 5.91 Å². The summed E-state index contributed by atoms with van der Waals surface area (Å²) >= 11 is 0. The number of carbonyl (C=O) groups is 1. The number of nitrogens with one attached hydrogen (secondary N) is 1. The molecule has 0 saturated carbocycles. The Morgan fingerprint density at radius 3 is 2.62 bits per heavy atom. The molecular formula is C23H23FN4O. The number of carbonyl (C=O) groups excluding carboxylic acids is 1. The number of likely N-dealkylation sites (tertiary alicyclic amines) is 1. The largest absolute Gasteiger partial charge is 0.325 e. The molecule has 1 aromatic heterocycles. The van der Waals surface area contributed by atoms with Crippen LogP contribution in [-0.2, 0) is 11.3 Å². The second kappa shape index (κ2) is 8.49. The summed E-state index contributed by atoms with van der Waals surface area (Å²) in [5.41, 5.74) is 3.46. The Balaban J connectivity index is 1.41. The van der Waals surface area contributed by atoms with Gasteiger partial charge in [-0.3, -0.25) is 9.69 Å². The van der Waals surface area contributed by atoms with Crippen molar-refractivity contribution >= 4 is 11.6 Å². The minimum absolute atomic E-state index is 0.00552. The van der Waals surface area contributed by atoms with Crippen LogP contribution in [0.15, 0.2) is 60.9 Å². The average Bonchev–Trinajstić information content (AvgIpc) is 3.18. The summed E-state index contributed by atoms with van der Waals surface area (Å²) in [6.45, 7) is 3.40. The average molecular weight is 390 g/mol. The maximum Gasteiger partial charge on any atom is 0.241 e. The predicted octanol–water partition coefficient (Wildman–Crippen LogP) is 4.19. The number of hydrogen-bond donors (Lipinski definition) is 1. The van der Waals surface area contributed by atoms with E-state index >= 15 is 0 Å². The van der Waals surface area contributed by atoms with E-state index in [4.69, 9.17) is 0 Å². The highest BCUT2D eigenvalue weighted by atomic mass is 19.1. The van der Waals surface area contributed by atoms with E-state index in [9.17, 15) is 9.18 Å². The number of aromatic nitrogens is 2.